The van der Waals surface area contributed by atoms with Crippen LogP contribution in [0.4, 0.5) is 0 Å². The smallest absolute Gasteiger partial charge is 0.358 e. The van der Waals surface area contributed by atoms with Crippen LogP contribution in [-0.4, -0.2) is 27.4 Å². The molecular formula is C7H17N2O2Si. The second kappa shape index (κ2) is 7.27. The van der Waals surface area contributed by atoms with Crippen molar-refractivity contribution >= 4 is 15.0 Å². The highest BCUT2D eigenvalue weighted by Gasteiger charge is 2.03. The summed E-state index contributed by atoms with van der Waals surface area (Å²) < 4.78 is 9.21. The molecule has 0 saturated heterocycles. The number of amidine groups is 1. The predicted molar refractivity (Wildman–Crippen MR) is 50.5 cm³/mol. The van der Waals surface area contributed by atoms with Gasteiger partial charge < -0.3 is 4.43 Å². The summed E-state index contributed by atoms with van der Waals surface area (Å²) in [7, 11) is 0.527. The number of nitrogens with one attached hydrogen (secondary N) is 1. The molecule has 5 heteroatoms. The maximum Gasteiger partial charge on any atom is 0.358 e. The molecule has 0 bridgehead atoms. The van der Waals surface area contributed by atoms with Gasteiger partial charge in [-0.2, -0.15) is 0 Å². The molecule has 0 spiro atoms. The molecule has 0 aliphatic heterocycles. The molecule has 0 rings (SSSR count). The van der Waals surface area contributed by atoms with Crippen LogP contribution in [0.15, 0.2) is 4.66 Å². The van der Waals surface area contributed by atoms with Crippen molar-refractivity contribution in [3.05, 3.63) is 0 Å². The fraction of sp³-hybridized carbons (Fsp3) is 0.857. The highest BCUT2D eigenvalue weighted by atomic mass is 28.3. The fourth-order valence-corrected chi connectivity index (χ4v) is 1.35. The molecule has 4 nitrogen and oxygen atoms in total. The molecule has 0 aliphatic carbocycles. The van der Waals surface area contributed by atoms with E-state index in [2.05, 4.69) is 17.1 Å². The van der Waals surface area contributed by atoms with Crippen LogP contribution >= 0.6 is 0 Å². The van der Waals surface area contributed by atoms with Crippen molar-refractivity contribution in [2.24, 2.45) is 4.66 Å². The minimum absolute atomic E-state index is 0.634. The number of unbranched alkanes of at least 4 members (excludes halogenated alkanes) is 1. The Morgan fingerprint density at radius 3 is 2.75 bits per heavy atom. The molecule has 0 aromatic carbocycles. The van der Waals surface area contributed by atoms with E-state index in [-0.39, 0.29) is 0 Å². The van der Waals surface area contributed by atoms with E-state index in [1.807, 2.05) is 6.55 Å². The van der Waals surface area contributed by atoms with Gasteiger partial charge in [0, 0.05) is 13.5 Å². The second-order valence-corrected chi connectivity index (χ2v) is 4.17. The Bertz CT molecular complexity index is 141. The Hall–Kier alpha value is -0.393. The van der Waals surface area contributed by atoms with Gasteiger partial charge in [0.15, 0.2) is 0 Å². The SMILES string of the molecule is CCCCC(=N[Si](C)OC)NO. The van der Waals surface area contributed by atoms with E-state index >= 15 is 0 Å². The summed E-state index contributed by atoms with van der Waals surface area (Å²) in [6.45, 7) is 4.02. The molecule has 0 saturated carbocycles. The van der Waals surface area contributed by atoms with Gasteiger partial charge in [0.1, 0.15) is 5.84 Å². The molecule has 0 amide bonds. The van der Waals surface area contributed by atoms with Gasteiger partial charge in [-0.1, -0.05) is 13.3 Å². The molecule has 0 aliphatic rings. The van der Waals surface area contributed by atoms with Gasteiger partial charge in [-0.25, -0.2) is 0 Å². The summed E-state index contributed by atoms with van der Waals surface area (Å²) in [6.07, 6.45) is 2.92. The lowest BCUT2D eigenvalue weighted by Gasteiger charge is -2.05. The largest absolute Gasteiger partial charge is 0.401 e. The monoisotopic (exact) mass is 189 g/mol. The lowest BCUT2D eigenvalue weighted by molar-refractivity contribution is 0.231. The van der Waals surface area contributed by atoms with Crippen molar-refractivity contribution in [2.75, 3.05) is 7.11 Å². The fourth-order valence-electron chi connectivity index (χ4n) is 0.717. The summed E-state index contributed by atoms with van der Waals surface area (Å²) in [4.78, 5) is 0. The second-order valence-electron chi connectivity index (χ2n) is 2.50. The Morgan fingerprint density at radius 1 is 1.67 bits per heavy atom. The third kappa shape index (κ3) is 5.28. The first-order valence-electron chi connectivity index (χ1n) is 4.09. The Kier molecular flexibility index (Phi) is 7.03. The van der Waals surface area contributed by atoms with Gasteiger partial charge in [-0.05, 0) is 13.0 Å². The van der Waals surface area contributed by atoms with E-state index in [0.717, 1.165) is 19.3 Å². The van der Waals surface area contributed by atoms with E-state index in [0.29, 0.717) is 5.84 Å². The number of nitrogens with zero attached hydrogens (tertiary/aromatic N) is 1. The number of hydrogen-bond donors (Lipinski definition) is 2. The molecule has 71 valence electrons. The van der Waals surface area contributed by atoms with Gasteiger partial charge in [0.05, 0.1) is 0 Å². The van der Waals surface area contributed by atoms with Gasteiger partial charge in [-0.3, -0.25) is 15.3 Å². The lowest BCUT2D eigenvalue weighted by Crippen LogP contribution is -2.23. The lowest BCUT2D eigenvalue weighted by atomic mass is 10.2. The van der Waals surface area contributed by atoms with Crippen LogP contribution in [0.1, 0.15) is 26.2 Å². The zero-order chi connectivity index (χ0) is 9.40. The molecule has 12 heavy (non-hydrogen) atoms. The van der Waals surface area contributed by atoms with Gasteiger partial charge in [0.25, 0.3) is 0 Å². The van der Waals surface area contributed by atoms with E-state index in [4.69, 9.17) is 9.63 Å². The van der Waals surface area contributed by atoms with Crippen LogP contribution in [0.2, 0.25) is 6.55 Å². The zero-order valence-corrected chi connectivity index (χ0v) is 8.92. The Balaban J connectivity index is 3.85. The highest BCUT2D eigenvalue weighted by molar-refractivity contribution is 6.49. The summed E-state index contributed by atoms with van der Waals surface area (Å²) in [5.41, 5.74) is 2.10. The average molecular weight is 189 g/mol. The van der Waals surface area contributed by atoms with Crippen LogP contribution < -0.4 is 5.48 Å². The third-order valence-corrected chi connectivity index (χ3v) is 2.66. The zero-order valence-electron chi connectivity index (χ0n) is 7.92. The van der Waals surface area contributed by atoms with Crippen molar-refractivity contribution in [3.63, 3.8) is 0 Å². The van der Waals surface area contributed by atoms with Crippen LogP contribution in [0.5, 0.6) is 0 Å². The molecule has 0 aromatic heterocycles. The van der Waals surface area contributed by atoms with Crippen molar-refractivity contribution in [3.8, 4) is 0 Å². The summed E-state index contributed by atoms with van der Waals surface area (Å²) in [6, 6.07) is 0. The van der Waals surface area contributed by atoms with Crippen LogP contribution in [0, 0.1) is 0 Å². The number of hydrogen-bond acceptors (Lipinski definition) is 3. The van der Waals surface area contributed by atoms with E-state index in [9.17, 15) is 0 Å². The molecular weight excluding hydrogens is 172 g/mol. The molecule has 0 fully saturated rings. The van der Waals surface area contributed by atoms with Crippen molar-refractivity contribution in [1.82, 2.24) is 5.48 Å². The van der Waals surface area contributed by atoms with E-state index in [1.165, 1.54) is 0 Å². The van der Waals surface area contributed by atoms with Crippen LogP contribution in [0.25, 0.3) is 0 Å². The summed E-state index contributed by atoms with van der Waals surface area (Å²) in [5, 5.41) is 8.68. The van der Waals surface area contributed by atoms with Crippen molar-refractivity contribution in [2.45, 2.75) is 32.7 Å². The molecule has 2 N–H and O–H groups in total. The molecule has 1 radical (unpaired) electrons. The Morgan fingerprint density at radius 2 is 2.33 bits per heavy atom. The standard InChI is InChI=1S/C7H17N2O2Si/c1-4-5-6-7(8-10)9-12(3)11-2/h10H,4-6H2,1-3H3,(H,8,9). The molecule has 0 unspecified atom stereocenters. The normalized spacial score (nSPS) is 12.2. The highest BCUT2D eigenvalue weighted by Crippen LogP contribution is 1.96. The average Bonchev–Trinajstić information content (AvgIpc) is 2.11. The third-order valence-electron chi connectivity index (χ3n) is 1.48. The van der Waals surface area contributed by atoms with Crippen LogP contribution in [-0.2, 0) is 4.43 Å². The van der Waals surface area contributed by atoms with E-state index in [1.54, 1.807) is 7.11 Å². The first-order valence-corrected chi connectivity index (χ1v) is 5.95. The summed E-state index contributed by atoms with van der Waals surface area (Å²) >= 11 is 0. The van der Waals surface area contributed by atoms with Crippen molar-refractivity contribution < 1.29 is 9.63 Å². The minimum Gasteiger partial charge on any atom is -0.401 e. The molecule has 0 heterocycles. The molecule has 0 aromatic rings. The maximum absolute atomic E-state index is 8.68. The Labute approximate surface area is 75.4 Å². The van der Waals surface area contributed by atoms with Gasteiger partial charge >= 0.3 is 9.20 Å². The topological polar surface area (TPSA) is 53.8 Å². The first-order chi connectivity index (χ1) is 5.74. The van der Waals surface area contributed by atoms with Gasteiger partial charge in [0.2, 0.25) is 0 Å². The van der Waals surface area contributed by atoms with Crippen molar-refractivity contribution in [1.29, 1.82) is 0 Å². The predicted octanol–water partition coefficient (Wildman–Crippen LogP) is 1.32. The maximum atomic E-state index is 8.68. The first kappa shape index (κ1) is 11.6. The van der Waals surface area contributed by atoms with E-state index < -0.39 is 9.20 Å². The van der Waals surface area contributed by atoms with Crippen LogP contribution in [0.3, 0.4) is 0 Å². The van der Waals surface area contributed by atoms with Gasteiger partial charge in [-0.15, -0.1) is 0 Å². The summed E-state index contributed by atoms with van der Waals surface area (Å²) in [5.74, 6) is 0.634. The minimum atomic E-state index is -1.10. The molecule has 0 atom stereocenters. The number of hydroxylamine groups is 1. The quantitative estimate of drug-likeness (QED) is 0.297. The number of rotatable bonds is 5.